The number of guanidine groups is 1. The summed E-state index contributed by atoms with van der Waals surface area (Å²) in [7, 11) is 4.08. The van der Waals surface area contributed by atoms with Gasteiger partial charge in [-0.2, -0.15) is 0 Å². The van der Waals surface area contributed by atoms with Gasteiger partial charge in [0.25, 0.3) is 0 Å². The van der Waals surface area contributed by atoms with Gasteiger partial charge in [-0.1, -0.05) is 32.0 Å². The minimum atomic E-state index is 0.571. The van der Waals surface area contributed by atoms with Crippen LogP contribution in [0.2, 0.25) is 0 Å². The quantitative estimate of drug-likeness (QED) is 0.314. The van der Waals surface area contributed by atoms with Crippen LogP contribution in [-0.4, -0.2) is 64.4 Å². The zero-order chi connectivity index (χ0) is 19.9. The Morgan fingerprint density at radius 2 is 1.89 bits per heavy atom. The highest BCUT2D eigenvalue weighted by molar-refractivity contribution is 5.79. The van der Waals surface area contributed by atoms with Crippen molar-refractivity contribution in [1.82, 2.24) is 15.5 Å². The topological polar surface area (TPSA) is 58.1 Å². The average molecular weight is 379 g/mol. The summed E-state index contributed by atoms with van der Waals surface area (Å²) in [6.45, 7) is 11.7. The zero-order valence-electron chi connectivity index (χ0n) is 17.8. The lowest BCUT2D eigenvalue weighted by Gasteiger charge is -2.14. The number of rotatable bonds is 13. The van der Waals surface area contributed by atoms with Gasteiger partial charge >= 0.3 is 0 Å². The smallest absolute Gasteiger partial charge is 0.191 e. The third-order valence-electron chi connectivity index (χ3n) is 3.90. The van der Waals surface area contributed by atoms with Crippen LogP contribution < -0.4 is 15.4 Å². The van der Waals surface area contributed by atoms with Crippen LogP contribution >= 0.6 is 0 Å². The molecule has 6 heteroatoms. The van der Waals surface area contributed by atoms with E-state index in [2.05, 4.69) is 47.4 Å². The summed E-state index contributed by atoms with van der Waals surface area (Å²) in [6, 6.07) is 8.08. The molecule has 0 amide bonds. The first-order valence-corrected chi connectivity index (χ1v) is 9.98. The van der Waals surface area contributed by atoms with E-state index >= 15 is 0 Å². The Kier molecular flexibility index (Phi) is 12.3. The second-order valence-corrected chi connectivity index (χ2v) is 7.18. The van der Waals surface area contributed by atoms with Crippen molar-refractivity contribution in [2.45, 2.75) is 33.7 Å². The van der Waals surface area contributed by atoms with E-state index < -0.39 is 0 Å². The van der Waals surface area contributed by atoms with Gasteiger partial charge < -0.3 is 25.0 Å². The van der Waals surface area contributed by atoms with Gasteiger partial charge in [-0.25, -0.2) is 4.99 Å². The first-order chi connectivity index (χ1) is 13.0. The molecule has 0 aromatic heterocycles. The van der Waals surface area contributed by atoms with Crippen molar-refractivity contribution in [3.8, 4) is 5.75 Å². The van der Waals surface area contributed by atoms with Gasteiger partial charge in [0.2, 0.25) is 0 Å². The van der Waals surface area contributed by atoms with Crippen molar-refractivity contribution in [2.24, 2.45) is 10.9 Å². The van der Waals surface area contributed by atoms with E-state index in [1.807, 2.05) is 32.3 Å². The van der Waals surface area contributed by atoms with E-state index in [0.29, 0.717) is 25.7 Å². The van der Waals surface area contributed by atoms with E-state index in [1.54, 1.807) is 0 Å². The second kappa shape index (κ2) is 14.3. The summed E-state index contributed by atoms with van der Waals surface area (Å²) in [6.07, 6.45) is 1.10. The Bertz CT molecular complexity index is 533. The monoisotopic (exact) mass is 378 g/mol. The van der Waals surface area contributed by atoms with Gasteiger partial charge in [0, 0.05) is 31.8 Å². The zero-order valence-corrected chi connectivity index (χ0v) is 17.8. The Morgan fingerprint density at radius 1 is 1.11 bits per heavy atom. The average Bonchev–Trinajstić information content (AvgIpc) is 2.62. The highest BCUT2D eigenvalue weighted by Gasteiger charge is 2.04. The van der Waals surface area contributed by atoms with Gasteiger partial charge in [-0.3, -0.25) is 0 Å². The number of likely N-dealkylation sites (N-methyl/N-ethyl adjacent to an activating group) is 1. The maximum Gasteiger partial charge on any atom is 0.191 e. The fourth-order valence-corrected chi connectivity index (χ4v) is 2.28. The van der Waals surface area contributed by atoms with Gasteiger partial charge in [0.05, 0.1) is 13.2 Å². The van der Waals surface area contributed by atoms with Crippen LogP contribution in [-0.2, 0) is 11.3 Å². The summed E-state index contributed by atoms with van der Waals surface area (Å²) < 4.78 is 11.6. The highest BCUT2D eigenvalue weighted by Crippen LogP contribution is 2.18. The van der Waals surface area contributed by atoms with E-state index in [1.165, 1.54) is 0 Å². The van der Waals surface area contributed by atoms with E-state index in [9.17, 15) is 0 Å². The fraction of sp³-hybridized carbons (Fsp3) is 0.667. The molecule has 0 saturated heterocycles. The molecule has 0 heterocycles. The van der Waals surface area contributed by atoms with Crippen molar-refractivity contribution in [3.05, 3.63) is 29.8 Å². The maximum absolute atomic E-state index is 5.91. The van der Waals surface area contributed by atoms with Crippen molar-refractivity contribution >= 4 is 5.96 Å². The summed E-state index contributed by atoms with van der Waals surface area (Å²) in [5, 5.41) is 6.60. The molecule has 1 rings (SSSR count). The highest BCUT2D eigenvalue weighted by atomic mass is 16.5. The number of ether oxygens (including phenoxy) is 2. The van der Waals surface area contributed by atoms with Crippen molar-refractivity contribution in [3.63, 3.8) is 0 Å². The van der Waals surface area contributed by atoms with Crippen molar-refractivity contribution in [2.75, 3.05) is 53.6 Å². The molecule has 0 aliphatic carbocycles. The number of nitrogens with one attached hydrogen (secondary N) is 2. The first kappa shape index (κ1) is 23.2. The fourth-order valence-electron chi connectivity index (χ4n) is 2.28. The lowest BCUT2D eigenvalue weighted by atomic mass is 10.1. The molecule has 6 nitrogen and oxygen atoms in total. The maximum atomic E-state index is 5.91. The van der Waals surface area contributed by atoms with Crippen LogP contribution in [0.15, 0.2) is 29.3 Å². The molecule has 0 saturated carbocycles. The molecule has 0 fully saturated rings. The Hall–Kier alpha value is -1.79. The largest absolute Gasteiger partial charge is 0.492 e. The number of hydrogen-bond acceptors (Lipinski definition) is 4. The summed E-state index contributed by atoms with van der Waals surface area (Å²) in [4.78, 5) is 6.79. The second-order valence-electron chi connectivity index (χ2n) is 7.18. The SMILES string of the molecule is CCNC(=NCc1ccccc1OCCN(C)C)NCCOCCC(C)C. The Labute approximate surface area is 165 Å². The Morgan fingerprint density at radius 3 is 2.59 bits per heavy atom. The van der Waals surface area contributed by atoms with Gasteiger partial charge in [0.15, 0.2) is 5.96 Å². The molecule has 1 aromatic rings. The van der Waals surface area contributed by atoms with Crippen LogP contribution in [0.1, 0.15) is 32.8 Å². The van der Waals surface area contributed by atoms with Crippen molar-refractivity contribution in [1.29, 1.82) is 0 Å². The summed E-state index contributed by atoms with van der Waals surface area (Å²) >= 11 is 0. The van der Waals surface area contributed by atoms with Gasteiger partial charge in [0.1, 0.15) is 12.4 Å². The van der Waals surface area contributed by atoms with Crippen molar-refractivity contribution < 1.29 is 9.47 Å². The third kappa shape index (κ3) is 11.5. The molecule has 0 bridgehead atoms. The van der Waals surface area contributed by atoms with Crippen LogP contribution in [0.3, 0.4) is 0 Å². The Balaban J connectivity index is 2.49. The minimum Gasteiger partial charge on any atom is -0.492 e. The molecule has 0 aliphatic rings. The van der Waals surface area contributed by atoms with E-state index in [4.69, 9.17) is 9.47 Å². The molecule has 0 atom stereocenters. The van der Waals surface area contributed by atoms with Gasteiger partial charge in [-0.05, 0) is 39.4 Å². The molecule has 2 N–H and O–H groups in total. The molecule has 1 aromatic carbocycles. The molecule has 154 valence electrons. The molecule has 0 unspecified atom stereocenters. The molecule has 0 radical (unpaired) electrons. The first-order valence-electron chi connectivity index (χ1n) is 9.98. The normalized spacial score (nSPS) is 11.9. The summed E-state index contributed by atoms with van der Waals surface area (Å²) in [5.74, 6) is 2.38. The minimum absolute atomic E-state index is 0.571. The van der Waals surface area contributed by atoms with E-state index in [-0.39, 0.29) is 0 Å². The molecule has 0 aliphatic heterocycles. The number of hydrogen-bond donors (Lipinski definition) is 2. The van der Waals surface area contributed by atoms with Crippen LogP contribution in [0, 0.1) is 5.92 Å². The van der Waals surface area contributed by atoms with Crippen LogP contribution in [0.4, 0.5) is 0 Å². The lowest BCUT2D eigenvalue weighted by molar-refractivity contribution is 0.128. The predicted molar refractivity (Wildman–Crippen MR) is 114 cm³/mol. The number of benzene rings is 1. The predicted octanol–water partition coefficient (Wildman–Crippen LogP) is 2.74. The molecule has 0 spiro atoms. The number of aliphatic imine (C=N–C) groups is 1. The summed E-state index contributed by atoms with van der Waals surface area (Å²) in [5.41, 5.74) is 1.08. The third-order valence-corrected chi connectivity index (χ3v) is 3.90. The molecular weight excluding hydrogens is 340 g/mol. The molecular formula is C21H38N4O2. The van der Waals surface area contributed by atoms with Crippen LogP contribution in [0.25, 0.3) is 0 Å². The van der Waals surface area contributed by atoms with Crippen LogP contribution in [0.5, 0.6) is 5.75 Å². The van der Waals surface area contributed by atoms with Gasteiger partial charge in [-0.15, -0.1) is 0 Å². The number of para-hydroxylation sites is 1. The number of nitrogens with zero attached hydrogens (tertiary/aromatic N) is 2. The lowest BCUT2D eigenvalue weighted by Crippen LogP contribution is -2.39. The standard InChI is InChI=1S/C21H38N4O2/c1-6-22-21(23-12-15-26-14-11-18(2)3)24-17-19-9-7-8-10-20(19)27-16-13-25(4)5/h7-10,18H,6,11-17H2,1-5H3,(H2,22,23,24). The van der Waals surface area contributed by atoms with E-state index in [0.717, 1.165) is 49.9 Å². The molecule has 27 heavy (non-hydrogen) atoms.